The molecule has 4 heterocycles. The van der Waals surface area contributed by atoms with Gasteiger partial charge in [0.25, 0.3) is 5.56 Å². The summed E-state index contributed by atoms with van der Waals surface area (Å²) in [7, 11) is -3.96. The van der Waals surface area contributed by atoms with E-state index in [0.29, 0.717) is 20.7 Å². The van der Waals surface area contributed by atoms with Crippen molar-refractivity contribution >= 4 is 54.8 Å². The number of fused-ring (bicyclic) bond motifs is 2. The number of pyridine rings is 1. The van der Waals surface area contributed by atoms with Crippen LogP contribution in [0, 0.1) is 17.5 Å². The zero-order valence-electron chi connectivity index (χ0n) is 19.9. The van der Waals surface area contributed by atoms with Crippen LogP contribution in [0.1, 0.15) is 15.9 Å². The largest absolute Gasteiger partial charge is 0.345 e. The second-order valence-corrected chi connectivity index (χ2v) is 11.4. The number of thiophene rings is 1. The first-order chi connectivity index (χ1) is 19.1. The molecule has 40 heavy (non-hydrogen) atoms. The first kappa shape index (κ1) is 25.8. The van der Waals surface area contributed by atoms with E-state index in [-0.39, 0.29) is 27.1 Å². The van der Waals surface area contributed by atoms with Gasteiger partial charge in [0.2, 0.25) is 5.78 Å². The van der Waals surface area contributed by atoms with Crippen LogP contribution in [0.2, 0.25) is 0 Å². The first-order valence-corrected chi connectivity index (χ1v) is 13.8. The average Bonchev–Trinajstić information content (AvgIpc) is 3.55. The van der Waals surface area contributed by atoms with Gasteiger partial charge >= 0.3 is 0 Å². The monoisotopic (exact) mass is 583 g/mol. The van der Waals surface area contributed by atoms with Gasteiger partial charge in [-0.15, -0.1) is 11.3 Å². The van der Waals surface area contributed by atoms with Gasteiger partial charge in [0.1, 0.15) is 22.1 Å². The highest BCUT2D eigenvalue weighted by Crippen LogP contribution is 2.48. The molecule has 0 fully saturated rings. The Hall–Kier alpha value is -4.50. The number of nitrogens with one attached hydrogen (secondary N) is 3. The fourth-order valence-electron chi connectivity index (χ4n) is 4.17. The van der Waals surface area contributed by atoms with E-state index in [4.69, 9.17) is 0 Å². The summed E-state index contributed by atoms with van der Waals surface area (Å²) in [6.45, 7) is 0. The van der Waals surface area contributed by atoms with Crippen molar-refractivity contribution in [3.8, 4) is 10.4 Å². The summed E-state index contributed by atoms with van der Waals surface area (Å²) in [6.07, 6.45) is 4.08. The van der Waals surface area contributed by atoms with Gasteiger partial charge in [-0.2, -0.15) is 0 Å². The smallest absolute Gasteiger partial charge is 0.259 e. The highest BCUT2D eigenvalue weighted by Gasteiger charge is 2.27. The Kier molecular flexibility index (Phi) is 6.18. The lowest BCUT2D eigenvalue weighted by molar-refractivity contribution is 0.103. The maximum atomic E-state index is 15.5. The number of nitrogens with zero attached hydrogens (tertiary/aromatic N) is 2. The predicted molar refractivity (Wildman–Crippen MR) is 146 cm³/mol. The Morgan fingerprint density at radius 1 is 1.00 bits per heavy atom. The van der Waals surface area contributed by atoms with Gasteiger partial charge in [-0.05, 0) is 42.5 Å². The zero-order chi connectivity index (χ0) is 28.2. The molecule has 0 spiro atoms. The standard InChI is InChI=1S/C26H16F3N5O4S2/c27-13-2-1-3-14(7-13)40(37,38)34-19-5-4-18(28)21(22(19)29)23(35)17-10-31-24-15(17)6-12(9-30-24)20-8-16-25(36)32-11-33-26(16)39-20/h1-11,34,37-38H,(H,30,31)(H,32,33,36). The van der Waals surface area contributed by atoms with Gasteiger partial charge in [0.05, 0.1) is 27.9 Å². The average molecular weight is 584 g/mol. The third-order valence-electron chi connectivity index (χ3n) is 6.09. The van der Waals surface area contributed by atoms with Crippen molar-refractivity contribution in [3.63, 3.8) is 0 Å². The predicted octanol–water partition coefficient (Wildman–Crippen LogP) is 6.31. The fourth-order valence-corrected chi connectivity index (χ4v) is 6.27. The number of carbonyl (C=O) groups excluding carboxylic acids is 1. The van der Waals surface area contributed by atoms with Crippen LogP contribution in [-0.4, -0.2) is 34.8 Å². The van der Waals surface area contributed by atoms with E-state index in [1.54, 1.807) is 12.1 Å². The summed E-state index contributed by atoms with van der Waals surface area (Å²) in [5.74, 6) is -4.32. The van der Waals surface area contributed by atoms with Crippen molar-refractivity contribution in [1.29, 1.82) is 0 Å². The molecule has 0 aliphatic heterocycles. The molecule has 0 aliphatic rings. The SMILES string of the molecule is O=C(c1c(F)ccc(NS(O)(O)c2cccc(F)c2)c1F)c1c[nH]c2ncc(-c3cc4c(=O)[nH]cnc4s3)cc12. The number of anilines is 1. The maximum Gasteiger partial charge on any atom is 0.259 e. The molecule has 5 N–H and O–H groups in total. The number of hydrogen-bond acceptors (Lipinski definition) is 8. The van der Waals surface area contributed by atoms with Crippen LogP contribution in [0.25, 0.3) is 31.7 Å². The maximum absolute atomic E-state index is 15.5. The Labute approximate surface area is 227 Å². The zero-order valence-corrected chi connectivity index (χ0v) is 21.5. The van der Waals surface area contributed by atoms with Gasteiger partial charge < -0.3 is 9.97 Å². The van der Waals surface area contributed by atoms with Crippen molar-refractivity contribution in [3.05, 3.63) is 106 Å². The lowest BCUT2D eigenvalue weighted by Gasteiger charge is -2.34. The van der Waals surface area contributed by atoms with E-state index in [1.807, 2.05) is 0 Å². The van der Waals surface area contributed by atoms with Crippen LogP contribution < -0.4 is 10.3 Å². The molecular weight excluding hydrogens is 567 g/mol. The van der Waals surface area contributed by atoms with Gasteiger partial charge in [-0.1, -0.05) is 16.8 Å². The minimum absolute atomic E-state index is 0.0897. The number of aromatic nitrogens is 4. The summed E-state index contributed by atoms with van der Waals surface area (Å²) in [5.41, 5.74) is -1.09. The van der Waals surface area contributed by atoms with Gasteiger partial charge in [0, 0.05) is 33.8 Å². The van der Waals surface area contributed by atoms with Crippen LogP contribution in [0.3, 0.4) is 0 Å². The molecule has 9 nitrogen and oxygen atoms in total. The van der Waals surface area contributed by atoms with Crippen molar-refractivity contribution in [2.45, 2.75) is 4.90 Å². The highest BCUT2D eigenvalue weighted by atomic mass is 32.3. The number of H-pyrrole nitrogens is 2. The Morgan fingerprint density at radius 3 is 2.60 bits per heavy atom. The van der Waals surface area contributed by atoms with E-state index >= 15 is 4.39 Å². The Bertz CT molecular complexity index is 2020. The van der Waals surface area contributed by atoms with Gasteiger partial charge in [0.15, 0.2) is 5.82 Å². The van der Waals surface area contributed by atoms with Crippen LogP contribution >= 0.6 is 22.1 Å². The fraction of sp³-hybridized carbons (Fsp3) is 0. The van der Waals surface area contributed by atoms with E-state index in [0.717, 1.165) is 24.3 Å². The third kappa shape index (κ3) is 4.42. The van der Waals surface area contributed by atoms with Crippen molar-refractivity contribution in [1.82, 2.24) is 19.9 Å². The molecule has 0 bridgehead atoms. The van der Waals surface area contributed by atoms with Crippen molar-refractivity contribution in [2.75, 3.05) is 4.72 Å². The number of carbonyl (C=O) groups is 1. The van der Waals surface area contributed by atoms with E-state index < -0.39 is 45.3 Å². The summed E-state index contributed by atoms with van der Waals surface area (Å²) >= 11 is 1.23. The quantitative estimate of drug-likeness (QED) is 0.145. The van der Waals surface area contributed by atoms with Crippen molar-refractivity contribution in [2.24, 2.45) is 0 Å². The third-order valence-corrected chi connectivity index (χ3v) is 8.60. The Morgan fingerprint density at radius 2 is 1.82 bits per heavy atom. The molecule has 6 rings (SSSR count). The molecule has 6 aromatic rings. The topological polar surface area (TPSA) is 144 Å². The van der Waals surface area contributed by atoms with Crippen LogP contribution in [0.5, 0.6) is 0 Å². The van der Waals surface area contributed by atoms with E-state index in [9.17, 15) is 27.5 Å². The first-order valence-electron chi connectivity index (χ1n) is 11.4. The van der Waals surface area contributed by atoms with Crippen molar-refractivity contribution < 1.29 is 27.1 Å². The van der Waals surface area contributed by atoms with Gasteiger partial charge in [-0.3, -0.25) is 23.4 Å². The lowest BCUT2D eigenvalue weighted by atomic mass is 10.0. The minimum Gasteiger partial charge on any atom is -0.345 e. The number of aromatic amines is 2. The second kappa shape index (κ2) is 9.60. The molecule has 0 radical (unpaired) electrons. The Balaban J connectivity index is 1.39. The summed E-state index contributed by atoms with van der Waals surface area (Å²) in [5, 5.41) is 0.647. The van der Waals surface area contributed by atoms with Gasteiger partial charge in [-0.25, -0.2) is 23.1 Å². The van der Waals surface area contributed by atoms with E-state index in [2.05, 4.69) is 24.7 Å². The normalized spacial score (nSPS) is 12.2. The second-order valence-electron chi connectivity index (χ2n) is 8.60. The molecule has 202 valence electrons. The molecule has 14 heteroatoms. The number of rotatable bonds is 6. The van der Waals surface area contributed by atoms with Crippen LogP contribution in [0.4, 0.5) is 18.9 Å². The lowest BCUT2D eigenvalue weighted by Crippen LogP contribution is -2.14. The highest BCUT2D eigenvalue weighted by molar-refractivity contribution is 8.25. The molecule has 0 unspecified atom stereocenters. The summed E-state index contributed by atoms with van der Waals surface area (Å²) in [6, 6.07) is 9.35. The number of benzene rings is 2. The molecule has 2 aromatic carbocycles. The molecule has 0 saturated carbocycles. The molecule has 0 amide bonds. The minimum atomic E-state index is -3.96. The molecule has 0 aliphatic carbocycles. The number of halogens is 3. The number of ketones is 1. The molecule has 4 aromatic heterocycles. The molecule has 0 saturated heterocycles. The number of hydrogen-bond donors (Lipinski definition) is 5. The molecule has 0 atom stereocenters. The summed E-state index contributed by atoms with van der Waals surface area (Å²) in [4.78, 5) is 40.2. The van der Waals surface area contributed by atoms with Crippen LogP contribution in [0.15, 0.2) is 76.9 Å². The van der Waals surface area contributed by atoms with E-state index in [1.165, 1.54) is 42.2 Å². The summed E-state index contributed by atoms with van der Waals surface area (Å²) < 4.78 is 67.2. The molecular formula is C26H16F3N5O4S2. The van der Waals surface area contributed by atoms with Crippen LogP contribution in [-0.2, 0) is 0 Å².